The van der Waals surface area contributed by atoms with Crippen molar-refractivity contribution in [3.63, 3.8) is 0 Å². The lowest BCUT2D eigenvalue weighted by Gasteiger charge is -2.27. The number of hydrogen-bond donors (Lipinski definition) is 0. The summed E-state index contributed by atoms with van der Waals surface area (Å²) in [6.07, 6.45) is 4.46. The monoisotopic (exact) mass is 412 g/mol. The van der Waals surface area contributed by atoms with Gasteiger partial charge in [0.2, 0.25) is 11.2 Å². The molecule has 2 unspecified atom stereocenters. The number of alkyl halides is 3. The van der Waals surface area contributed by atoms with Crippen LogP contribution in [0.3, 0.4) is 0 Å². The van der Waals surface area contributed by atoms with Crippen molar-refractivity contribution in [3.05, 3.63) is 33.9 Å². The smallest absolute Gasteiger partial charge is 0.455 e. The van der Waals surface area contributed by atoms with Crippen LogP contribution in [-0.2, 0) is 26.2 Å². The molecule has 0 amide bonds. The van der Waals surface area contributed by atoms with Crippen molar-refractivity contribution in [2.24, 2.45) is 0 Å². The van der Waals surface area contributed by atoms with Crippen molar-refractivity contribution in [2.75, 3.05) is 0 Å². The molecule has 7 nitrogen and oxygen atoms in total. The highest BCUT2D eigenvalue weighted by Gasteiger charge is 2.49. The molecule has 1 fully saturated rings. The zero-order chi connectivity index (χ0) is 20.2. The zero-order valence-electron chi connectivity index (χ0n) is 14.6. The van der Waals surface area contributed by atoms with E-state index in [9.17, 15) is 26.4 Å². The summed E-state index contributed by atoms with van der Waals surface area (Å²) in [5, 5.41) is 0. The van der Waals surface area contributed by atoms with Crippen molar-refractivity contribution in [1.82, 2.24) is 0 Å². The molecule has 1 saturated heterocycles. The summed E-state index contributed by atoms with van der Waals surface area (Å²) >= 11 is 0. The van der Waals surface area contributed by atoms with Gasteiger partial charge in [-0.3, -0.25) is 4.79 Å². The van der Waals surface area contributed by atoms with E-state index in [0.717, 1.165) is 25.0 Å². The van der Waals surface area contributed by atoms with Gasteiger partial charge < -0.3 is 18.1 Å². The van der Waals surface area contributed by atoms with Gasteiger partial charge in [0.05, 0.1) is 6.10 Å². The standard InChI is InChI=1S/C16H19F3O7S/c1-3-5-13-15(26-27(21,22)16(17,18)19)12(20)8-11(25-13)9-23-14-7-4-6-10(2)24-14/h3,5,8,10,14H,4,6-7,9H2,1-2H3/b5-3+. The fraction of sp³-hybridized carbons (Fsp3) is 0.562. The van der Waals surface area contributed by atoms with Gasteiger partial charge >= 0.3 is 15.6 Å². The van der Waals surface area contributed by atoms with Crippen LogP contribution in [0.5, 0.6) is 5.75 Å². The molecule has 0 bridgehead atoms. The third-order valence-electron chi connectivity index (χ3n) is 3.62. The summed E-state index contributed by atoms with van der Waals surface area (Å²) < 4.78 is 80.2. The minimum atomic E-state index is -6.01. The molecule has 2 rings (SSSR count). The van der Waals surface area contributed by atoms with Crippen molar-refractivity contribution in [3.8, 4) is 5.75 Å². The van der Waals surface area contributed by atoms with Crippen molar-refractivity contribution < 1.29 is 39.7 Å². The van der Waals surface area contributed by atoms with Crippen LogP contribution in [-0.4, -0.2) is 26.3 Å². The molecule has 0 aliphatic carbocycles. The Morgan fingerprint density at radius 3 is 2.63 bits per heavy atom. The Morgan fingerprint density at radius 2 is 2.04 bits per heavy atom. The third-order valence-corrected chi connectivity index (χ3v) is 4.57. The highest BCUT2D eigenvalue weighted by atomic mass is 32.2. The molecule has 2 heterocycles. The van der Waals surface area contributed by atoms with Gasteiger partial charge in [0.1, 0.15) is 12.4 Å². The van der Waals surface area contributed by atoms with E-state index in [-0.39, 0.29) is 18.5 Å². The molecule has 0 spiro atoms. The van der Waals surface area contributed by atoms with Crippen LogP contribution < -0.4 is 9.61 Å². The second-order valence-corrected chi connectivity index (χ2v) is 7.41. The van der Waals surface area contributed by atoms with Crippen LogP contribution in [0, 0.1) is 0 Å². The number of halogens is 3. The lowest BCUT2D eigenvalue weighted by atomic mass is 10.1. The number of ether oxygens (including phenoxy) is 2. The summed E-state index contributed by atoms with van der Waals surface area (Å²) in [4.78, 5) is 12.1. The Hall–Kier alpha value is -1.85. The first-order chi connectivity index (χ1) is 12.5. The molecule has 1 aliphatic rings. The van der Waals surface area contributed by atoms with Crippen LogP contribution in [0.2, 0.25) is 0 Å². The second-order valence-electron chi connectivity index (χ2n) is 5.87. The molecular weight excluding hydrogens is 393 g/mol. The van der Waals surface area contributed by atoms with Gasteiger partial charge in [-0.2, -0.15) is 21.6 Å². The number of allylic oxidation sites excluding steroid dienone is 1. The second kappa shape index (κ2) is 8.44. The van der Waals surface area contributed by atoms with Gasteiger partial charge in [-0.15, -0.1) is 0 Å². The van der Waals surface area contributed by atoms with E-state index in [1.807, 2.05) is 6.92 Å². The van der Waals surface area contributed by atoms with Gasteiger partial charge in [0.25, 0.3) is 0 Å². The van der Waals surface area contributed by atoms with E-state index in [2.05, 4.69) is 4.18 Å². The molecule has 1 aromatic heterocycles. The number of hydrogen-bond acceptors (Lipinski definition) is 7. The van der Waals surface area contributed by atoms with Crippen LogP contribution in [0.25, 0.3) is 6.08 Å². The topological polar surface area (TPSA) is 92.0 Å². The van der Waals surface area contributed by atoms with Crippen molar-refractivity contribution in [1.29, 1.82) is 0 Å². The fourth-order valence-electron chi connectivity index (χ4n) is 2.39. The first kappa shape index (κ1) is 21.5. The molecule has 0 saturated carbocycles. The summed E-state index contributed by atoms with van der Waals surface area (Å²) in [6.45, 7) is 3.22. The van der Waals surface area contributed by atoms with E-state index in [1.54, 1.807) is 0 Å². The van der Waals surface area contributed by atoms with E-state index >= 15 is 0 Å². The van der Waals surface area contributed by atoms with E-state index in [1.165, 1.54) is 13.0 Å². The number of rotatable bonds is 6. The minimum Gasteiger partial charge on any atom is -0.455 e. The molecule has 0 aromatic carbocycles. The van der Waals surface area contributed by atoms with E-state index < -0.39 is 38.9 Å². The lowest BCUT2D eigenvalue weighted by molar-refractivity contribution is -0.196. The predicted octanol–water partition coefficient (Wildman–Crippen LogP) is 3.33. The van der Waals surface area contributed by atoms with Crippen molar-refractivity contribution >= 4 is 16.2 Å². The molecule has 1 aliphatic heterocycles. The Morgan fingerprint density at radius 1 is 1.33 bits per heavy atom. The van der Waals surface area contributed by atoms with Gasteiger partial charge in [-0.05, 0) is 39.2 Å². The summed E-state index contributed by atoms with van der Waals surface area (Å²) in [7, 11) is -6.01. The minimum absolute atomic E-state index is 0.00770. The average Bonchev–Trinajstić information content (AvgIpc) is 2.55. The van der Waals surface area contributed by atoms with Crippen LogP contribution in [0.1, 0.15) is 44.6 Å². The molecule has 152 valence electrons. The highest BCUT2D eigenvalue weighted by molar-refractivity contribution is 7.88. The van der Waals surface area contributed by atoms with Crippen LogP contribution in [0.15, 0.2) is 21.4 Å². The largest absolute Gasteiger partial charge is 0.534 e. The third kappa shape index (κ3) is 5.56. The van der Waals surface area contributed by atoms with E-state index in [0.29, 0.717) is 6.42 Å². The summed E-state index contributed by atoms with van der Waals surface area (Å²) in [5.41, 5.74) is -6.76. The SMILES string of the molecule is C/C=C/c1oc(COC2CCCC(C)O2)cc(=O)c1OS(=O)(=O)C(F)(F)F. The van der Waals surface area contributed by atoms with Crippen LogP contribution in [0.4, 0.5) is 13.2 Å². The quantitative estimate of drug-likeness (QED) is 0.523. The Balaban J connectivity index is 2.24. The van der Waals surface area contributed by atoms with Gasteiger partial charge in [-0.1, -0.05) is 6.08 Å². The normalized spacial score (nSPS) is 21.5. The molecule has 11 heteroatoms. The van der Waals surface area contributed by atoms with Gasteiger partial charge in [0, 0.05) is 6.07 Å². The Labute approximate surface area is 153 Å². The summed E-state index contributed by atoms with van der Waals surface area (Å²) in [6, 6.07) is 0.820. The predicted molar refractivity (Wildman–Crippen MR) is 88.3 cm³/mol. The molecule has 0 radical (unpaired) electrons. The molecule has 1 aromatic rings. The summed E-state index contributed by atoms with van der Waals surface area (Å²) in [5.74, 6) is -1.54. The molecule has 27 heavy (non-hydrogen) atoms. The molecular formula is C16H19F3O7S. The molecule has 2 atom stereocenters. The average molecular weight is 412 g/mol. The highest BCUT2D eigenvalue weighted by Crippen LogP contribution is 2.28. The maximum Gasteiger partial charge on any atom is 0.534 e. The first-order valence-corrected chi connectivity index (χ1v) is 9.52. The first-order valence-electron chi connectivity index (χ1n) is 8.11. The van der Waals surface area contributed by atoms with E-state index in [4.69, 9.17) is 13.9 Å². The van der Waals surface area contributed by atoms with Crippen LogP contribution >= 0.6 is 0 Å². The van der Waals surface area contributed by atoms with Gasteiger partial charge in [0.15, 0.2) is 12.1 Å². The zero-order valence-corrected chi connectivity index (χ0v) is 15.4. The Bertz CT molecular complexity index is 843. The maximum absolute atomic E-state index is 12.5. The lowest BCUT2D eigenvalue weighted by Crippen LogP contribution is -2.30. The molecule has 0 N–H and O–H groups in total. The fourth-order valence-corrected chi connectivity index (χ4v) is 2.86. The maximum atomic E-state index is 12.5. The Kier molecular flexibility index (Phi) is 6.71. The van der Waals surface area contributed by atoms with Gasteiger partial charge in [-0.25, -0.2) is 0 Å². The van der Waals surface area contributed by atoms with Crippen molar-refractivity contribution in [2.45, 2.75) is 57.6 Å².